The molecule has 0 amide bonds. The number of carbonyl (C=O) groups excluding carboxylic acids is 1. The van der Waals surface area contributed by atoms with Gasteiger partial charge in [-0.05, 0) is 19.4 Å². The second-order valence-corrected chi connectivity index (χ2v) is 2.74. The Bertz CT molecular complexity index is 273. The number of carbonyl (C=O) groups is 1. The first kappa shape index (κ1) is 9.85. The minimum atomic E-state index is -1.39. The zero-order valence-electron chi connectivity index (χ0n) is 7.78. The molecule has 1 atom stereocenters. The van der Waals surface area contributed by atoms with Gasteiger partial charge in [0.1, 0.15) is 0 Å². The number of nitrogens with zero attached hydrogens (tertiary/aromatic N) is 2. The van der Waals surface area contributed by atoms with E-state index in [4.69, 9.17) is 10.5 Å². The van der Waals surface area contributed by atoms with Gasteiger partial charge in [-0.3, -0.25) is 5.73 Å². The number of azo groups is 1. The number of nitrogens with two attached hydrogens (primary N) is 1. The van der Waals surface area contributed by atoms with E-state index in [1.807, 2.05) is 6.92 Å². The predicted octanol–water partition coefficient (Wildman–Crippen LogP) is 0.964. The van der Waals surface area contributed by atoms with E-state index in [1.165, 1.54) is 6.08 Å². The van der Waals surface area contributed by atoms with Crippen molar-refractivity contribution in [1.82, 2.24) is 0 Å². The highest BCUT2D eigenvalue weighted by Gasteiger charge is 2.37. The average Bonchev–Trinajstić information content (AvgIpc) is 2.49. The van der Waals surface area contributed by atoms with Crippen molar-refractivity contribution < 1.29 is 9.53 Å². The molecule has 1 rings (SSSR count). The number of esters is 1. The third-order valence-electron chi connectivity index (χ3n) is 1.70. The van der Waals surface area contributed by atoms with Gasteiger partial charge in [0.2, 0.25) is 5.66 Å². The maximum absolute atomic E-state index is 11.3. The topological polar surface area (TPSA) is 77.0 Å². The van der Waals surface area contributed by atoms with Crippen molar-refractivity contribution in [3.63, 3.8) is 0 Å². The van der Waals surface area contributed by atoms with Gasteiger partial charge in [-0.15, -0.1) is 5.11 Å². The molecule has 1 heterocycles. The van der Waals surface area contributed by atoms with Gasteiger partial charge < -0.3 is 4.74 Å². The molecule has 0 radical (unpaired) electrons. The van der Waals surface area contributed by atoms with Gasteiger partial charge in [0.05, 0.1) is 12.3 Å². The van der Waals surface area contributed by atoms with Gasteiger partial charge in [-0.25, -0.2) is 4.79 Å². The Labute approximate surface area is 76.7 Å². The number of allylic oxidation sites excluding steroid dienone is 1. The molecule has 0 bridgehead atoms. The summed E-state index contributed by atoms with van der Waals surface area (Å²) in [5.41, 5.74) is 4.97. The smallest absolute Gasteiger partial charge is 0.355 e. The molecule has 0 aromatic rings. The third kappa shape index (κ3) is 1.92. The largest absolute Gasteiger partial charge is 0.463 e. The monoisotopic (exact) mass is 183 g/mol. The van der Waals surface area contributed by atoms with Crippen LogP contribution < -0.4 is 5.73 Å². The highest BCUT2D eigenvalue weighted by Crippen LogP contribution is 2.22. The summed E-state index contributed by atoms with van der Waals surface area (Å²) in [6.07, 6.45) is 2.24. The quantitative estimate of drug-likeness (QED) is 0.662. The molecular formula is C8H13N3O2. The van der Waals surface area contributed by atoms with Crippen LogP contribution in [-0.2, 0) is 9.53 Å². The zero-order valence-corrected chi connectivity index (χ0v) is 7.78. The number of hydrogen-bond acceptors (Lipinski definition) is 5. The van der Waals surface area contributed by atoms with Crippen LogP contribution in [0.4, 0.5) is 0 Å². The lowest BCUT2D eigenvalue weighted by Crippen LogP contribution is -2.44. The fraction of sp³-hybridized carbons (Fsp3) is 0.625. The Hall–Kier alpha value is -1.23. The molecule has 0 aromatic carbocycles. The van der Waals surface area contributed by atoms with Gasteiger partial charge in [0, 0.05) is 0 Å². The van der Waals surface area contributed by atoms with Crippen LogP contribution in [0.3, 0.4) is 0 Å². The average molecular weight is 183 g/mol. The van der Waals surface area contributed by atoms with Crippen LogP contribution in [0.5, 0.6) is 0 Å². The van der Waals surface area contributed by atoms with E-state index in [2.05, 4.69) is 10.2 Å². The summed E-state index contributed by atoms with van der Waals surface area (Å²) in [6, 6.07) is 0. The lowest BCUT2D eigenvalue weighted by molar-refractivity contribution is -0.147. The van der Waals surface area contributed by atoms with Crippen molar-refractivity contribution in [2.45, 2.75) is 25.9 Å². The Morgan fingerprint density at radius 1 is 1.69 bits per heavy atom. The molecule has 0 fully saturated rings. The lowest BCUT2D eigenvalue weighted by Gasteiger charge is -2.13. The summed E-state index contributed by atoms with van der Waals surface area (Å²) < 4.78 is 4.76. The van der Waals surface area contributed by atoms with Crippen LogP contribution in [0.2, 0.25) is 0 Å². The first-order chi connectivity index (χ1) is 6.12. The van der Waals surface area contributed by atoms with Crippen LogP contribution >= 0.6 is 0 Å². The van der Waals surface area contributed by atoms with Crippen molar-refractivity contribution in [3.8, 4) is 0 Å². The maximum Gasteiger partial charge on any atom is 0.355 e. The molecule has 13 heavy (non-hydrogen) atoms. The summed E-state index contributed by atoms with van der Waals surface area (Å²) in [4.78, 5) is 11.3. The summed E-state index contributed by atoms with van der Waals surface area (Å²) in [5.74, 6) is -0.554. The second-order valence-electron chi connectivity index (χ2n) is 2.74. The molecule has 0 aromatic heterocycles. The SMILES string of the molecule is CCOC(=O)C1(N)C=C(CC)N=N1. The zero-order chi connectivity index (χ0) is 9.90. The molecule has 0 saturated heterocycles. The van der Waals surface area contributed by atoms with E-state index in [0.717, 1.165) is 5.70 Å². The third-order valence-corrected chi connectivity index (χ3v) is 1.70. The molecule has 5 heteroatoms. The standard InChI is InChI=1S/C8H13N3O2/c1-3-6-5-8(9,11-10-6)7(12)13-4-2/h5H,3-4,9H2,1-2H3. The summed E-state index contributed by atoms with van der Waals surface area (Å²) in [7, 11) is 0. The first-order valence-corrected chi connectivity index (χ1v) is 4.23. The van der Waals surface area contributed by atoms with E-state index in [9.17, 15) is 4.79 Å². The predicted molar refractivity (Wildman–Crippen MR) is 46.8 cm³/mol. The molecule has 0 spiro atoms. The molecule has 0 saturated carbocycles. The van der Waals surface area contributed by atoms with Crippen molar-refractivity contribution in [3.05, 3.63) is 11.8 Å². The molecular weight excluding hydrogens is 170 g/mol. The van der Waals surface area contributed by atoms with Crippen LogP contribution in [0.15, 0.2) is 22.0 Å². The summed E-state index contributed by atoms with van der Waals surface area (Å²) in [6.45, 7) is 3.93. The minimum absolute atomic E-state index is 0.294. The lowest BCUT2D eigenvalue weighted by atomic mass is 10.1. The fourth-order valence-corrected chi connectivity index (χ4v) is 0.978. The molecule has 1 unspecified atom stereocenters. The van der Waals surface area contributed by atoms with Gasteiger partial charge in [0.25, 0.3) is 0 Å². The van der Waals surface area contributed by atoms with Gasteiger partial charge >= 0.3 is 5.97 Å². The number of hydrogen-bond donors (Lipinski definition) is 1. The highest BCUT2D eigenvalue weighted by molar-refractivity contribution is 5.83. The minimum Gasteiger partial charge on any atom is -0.463 e. The van der Waals surface area contributed by atoms with E-state index >= 15 is 0 Å². The van der Waals surface area contributed by atoms with E-state index in [-0.39, 0.29) is 0 Å². The van der Waals surface area contributed by atoms with Crippen LogP contribution in [0.1, 0.15) is 20.3 Å². The Balaban J connectivity index is 2.75. The normalized spacial score (nSPS) is 25.9. The molecule has 72 valence electrons. The van der Waals surface area contributed by atoms with E-state index in [1.54, 1.807) is 6.92 Å². The summed E-state index contributed by atoms with van der Waals surface area (Å²) >= 11 is 0. The molecule has 2 N–H and O–H groups in total. The Kier molecular flexibility index (Phi) is 2.77. The van der Waals surface area contributed by atoms with Crippen LogP contribution in [-0.4, -0.2) is 18.2 Å². The van der Waals surface area contributed by atoms with Crippen molar-refractivity contribution >= 4 is 5.97 Å². The summed E-state index contributed by atoms with van der Waals surface area (Å²) in [5, 5.41) is 7.45. The molecule has 1 aliphatic rings. The maximum atomic E-state index is 11.3. The first-order valence-electron chi connectivity index (χ1n) is 4.23. The van der Waals surface area contributed by atoms with Gasteiger partial charge in [-0.1, -0.05) is 6.92 Å². The fourth-order valence-electron chi connectivity index (χ4n) is 0.978. The van der Waals surface area contributed by atoms with Crippen LogP contribution in [0.25, 0.3) is 0 Å². The molecule has 5 nitrogen and oxygen atoms in total. The van der Waals surface area contributed by atoms with Crippen molar-refractivity contribution in [2.75, 3.05) is 6.61 Å². The van der Waals surface area contributed by atoms with Crippen molar-refractivity contribution in [2.24, 2.45) is 16.0 Å². The highest BCUT2D eigenvalue weighted by atomic mass is 16.5. The van der Waals surface area contributed by atoms with Gasteiger partial charge in [0.15, 0.2) is 0 Å². The molecule has 0 aliphatic carbocycles. The Morgan fingerprint density at radius 2 is 2.38 bits per heavy atom. The van der Waals surface area contributed by atoms with Crippen molar-refractivity contribution in [1.29, 1.82) is 0 Å². The Morgan fingerprint density at radius 3 is 2.85 bits per heavy atom. The number of ether oxygens (including phenoxy) is 1. The number of rotatable bonds is 3. The van der Waals surface area contributed by atoms with E-state index < -0.39 is 11.6 Å². The molecule has 1 aliphatic heterocycles. The van der Waals surface area contributed by atoms with Crippen LogP contribution in [0, 0.1) is 0 Å². The second kappa shape index (κ2) is 3.66. The van der Waals surface area contributed by atoms with E-state index in [0.29, 0.717) is 13.0 Å². The van der Waals surface area contributed by atoms with Gasteiger partial charge in [-0.2, -0.15) is 5.11 Å².